The molecule has 0 unspecified atom stereocenters. The van der Waals surface area contributed by atoms with Crippen LogP contribution < -0.4 is 10.6 Å². The molecule has 0 saturated carbocycles. The molecule has 0 aliphatic heterocycles. The van der Waals surface area contributed by atoms with E-state index < -0.39 is 0 Å². The van der Waals surface area contributed by atoms with E-state index in [4.69, 9.17) is 0 Å². The minimum Gasteiger partial charge on any atom is -0.326 e. The van der Waals surface area contributed by atoms with Crippen molar-refractivity contribution in [3.63, 3.8) is 0 Å². The molecule has 18 heavy (non-hydrogen) atoms. The van der Waals surface area contributed by atoms with Crippen molar-refractivity contribution < 1.29 is 4.79 Å². The smallest absolute Gasteiger partial charge is 0.225 e. The molecule has 0 aliphatic carbocycles. The van der Waals surface area contributed by atoms with Crippen molar-refractivity contribution in [2.75, 3.05) is 18.4 Å². The number of anilines is 1. The van der Waals surface area contributed by atoms with Crippen LogP contribution in [0.2, 0.25) is 0 Å². The zero-order valence-electron chi connectivity index (χ0n) is 11.7. The minimum atomic E-state index is 0.0750. The Morgan fingerprint density at radius 3 is 2.67 bits per heavy atom. The largest absolute Gasteiger partial charge is 0.326 e. The van der Waals surface area contributed by atoms with E-state index in [1.165, 1.54) is 18.4 Å². The highest BCUT2D eigenvalue weighted by atomic mass is 16.1. The van der Waals surface area contributed by atoms with Gasteiger partial charge < -0.3 is 10.6 Å². The first-order chi connectivity index (χ1) is 8.63. The summed E-state index contributed by atoms with van der Waals surface area (Å²) in [6.45, 7) is 7.97. The van der Waals surface area contributed by atoms with E-state index in [0.29, 0.717) is 6.42 Å². The topological polar surface area (TPSA) is 41.1 Å². The number of amides is 1. The summed E-state index contributed by atoms with van der Waals surface area (Å²) in [7, 11) is 0. The second-order valence-electron chi connectivity index (χ2n) is 4.72. The average Bonchev–Trinajstić information content (AvgIpc) is 2.32. The van der Waals surface area contributed by atoms with Crippen LogP contribution in [0.15, 0.2) is 18.2 Å². The highest BCUT2D eigenvalue weighted by Gasteiger charge is 2.04. The minimum absolute atomic E-state index is 0.0750. The zero-order chi connectivity index (χ0) is 13.4. The lowest BCUT2D eigenvalue weighted by Crippen LogP contribution is -2.22. The molecular weight excluding hydrogens is 224 g/mol. The Kier molecular flexibility index (Phi) is 6.44. The van der Waals surface area contributed by atoms with Gasteiger partial charge in [0.1, 0.15) is 0 Å². The van der Waals surface area contributed by atoms with Crippen LogP contribution in [-0.4, -0.2) is 19.0 Å². The molecule has 3 nitrogen and oxygen atoms in total. The molecule has 3 heteroatoms. The predicted molar refractivity (Wildman–Crippen MR) is 76.9 cm³/mol. The van der Waals surface area contributed by atoms with Crippen LogP contribution in [0, 0.1) is 13.8 Å². The molecule has 100 valence electrons. The third-order valence-corrected chi connectivity index (χ3v) is 2.89. The lowest BCUT2D eigenvalue weighted by molar-refractivity contribution is -0.116. The third-order valence-electron chi connectivity index (χ3n) is 2.89. The van der Waals surface area contributed by atoms with Crippen molar-refractivity contribution in [1.29, 1.82) is 0 Å². The van der Waals surface area contributed by atoms with Crippen LogP contribution in [0.1, 0.15) is 37.3 Å². The van der Waals surface area contributed by atoms with E-state index in [-0.39, 0.29) is 5.91 Å². The second kappa shape index (κ2) is 7.88. The maximum atomic E-state index is 11.7. The van der Waals surface area contributed by atoms with Crippen molar-refractivity contribution in [2.45, 2.75) is 40.0 Å². The number of rotatable bonds is 7. The Morgan fingerprint density at radius 2 is 2.00 bits per heavy atom. The fraction of sp³-hybridized carbons (Fsp3) is 0.533. The molecule has 0 bridgehead atoms. The Balaban J connectivity index is 2.31. The van der Waals surface area contributed by atoms with Crippen molar-refractivity contribution in [3.05, 3.63) is 29.3 Å². The quantitative estimate of drug-likeness (QED) is 0.728. The van der Waals surface area contributed by atoms with Gasteiger partial charge >= 0.3 is 0 Å². The lowest BCUT2D eigenvalue weighted by atomic mass is 10.1. The Labute approximate surface area is 110 Å². The summed E-state index contributed by atoms with van der Waals surface area (Å²) in [5, 5.41) is 6.22. The van der Waals surface area contributed by atoms with Crippen LogP contribution in [0.3, 0.4) is 0 Å². The summed E-state index contributed by atoms with van der Waals surface area (Å²) in [4.78, 5) is 11.7. The van der Waals surface area contributed by atoms with E-state index in [9.17, 15) is 4.79 Å². The van der Waals surface area contributed by atoms with Crippen molar-refractivity contribution in [3.8, 4) is 0 Å². The maximum absolute atomic E-state index is 11.7. The van der Waals surface area contributed by atoms with Gasteiger partial charge in [0.25, 0.3) is 0 Å². The molecule has 0 saturated heterocycles. The van der Waals surface area contributed by atoms with Crippen LogP contribution >= 0.6 is 0 Å². The van der Waals surface area contributed by atoms with E-state index in [1.807, 2.05) is 19.1 Å². The molecule has 0 radical (unpaired) electrons. The second-order valence-corrected chi connectivity index (χ2v) is 4.72. The number of carbonyl (C=O) groups excluding carboxylic acids is 1. The summed E-state index contributed by atoms with van der Waals surface area (Å²) >= 11 is 0. The molecule has 0 aliphatic rings. The molecule has 0 aromatic heterocycles. The molecule has 0 fully saturated rings. The Morgan fingerprint density at radius 1 is 1.22 bits per heavy atom. The molecule has 2 N–H and O–H groups in total. The van der Waals surface area contributed by atoms with Crippen molar-refractivity contribution in [2.24, 2.45) is 0 Å². The van der Waals surface area contributed by atoms with Gasteiger partial charge in [0.05, 0.1) is 0 Å². The van der Waals surface area contributed by atoms with Gasteiger partial charge in [-0.15, -0.1) is 0 Å². The molecule has 0 spiro atoms. The van der Waals surface area contributed by atoms with E-state index >= 15 is 0 Å². The molecular formula is C15H24N2O. The van der Waals surface area contributed by atoms with Gasteiger partial charge in [0.2, 0.25) is 5.91 Å². The SMILES string of the molecule is CCCCNCCC(=O)Nc1ccc(C)cc1C. The van der Waals surface area contributed by atoms with Gasteiger partial charge in [-0.05, 0) is 38.4 Å². The van der Waals surface area contributed by atoms with Gasteiger partial charge in [-0.2, -0.15) is 0 Å². The molecule has 1 aromatic rings. The van der Waals surface area contributed by atoms with Gasteiger partial charge in [0, 0.05) is 18.7 Å². The summed E-state index contributed by atoms with van der Waals surface area (Å²) in [5.41, 5.74) is 3.24. The number of benzene rings is 1. The summed E-state index contributed by atoms with van der Waals surface area (Å²) < 4.78 is 0. The number of hydrogen-bond acceptors (Lipinski definition) is 2. The van der Waals surface area contributed by atoms with Crippen molar-refractivity contribution in [1.82, 2.24) is 5.32 Å². The highest BCUT2D eigenvalue weighted by Crippen LogP contribution is 2.15. The van der Waals surface area contributed by atoms with E-state index in [0.717, 1.165) is 24.3 Å². The first-order valence-electron chi connectivity index (χ1n) is 6.71. The first kappa shape index (κ1) is 14.7. The average molecular weight is 248 g/mol. The van der Waals surface area contributed by atoms with Gasteiger partial charge in [-0.1, -0.05) is 31.0 Å². The lowest BCUT2D eigenvalue weighted by Gasteiger charge is -2.09. The van der Waals surface area contributed by atoms with Crippen LogP contribution in [0.5, 0.6) is 0 Å². The van der Waals surface area contributed by atoms with Gasteiger partial charge in [-0.25, -0.2) is 0 Å². The fourth-order valence-corrected chi connectivity index (χ4v) is 1.80. The molecule has 1 amide bonds. The monoisotopic (exact) mass is 248 g/mol. The number of unbranched alkanes of at least 4 members (excludes halogenated alkanes) is 1. The number of aryl methyl sites for hydroxylation is 2. The van der Waals surface area contributed by atoms with Crippen molar-refractivity contribution >= 4 is 11.6 Å². The van der Waals surface area contributed by atoms with Crippen LogP contribution in [0.25, 0.3) is 0 Å². The van der Waals surface area contributed by atoms with Crippen LogP contribution in [0.4, 0.5) is 5.69 Å². The Hall–Kier alpha value is -1.35. The predicted octanol–water partition coefficient (Wildman–Crippen LogP) is 3.02. The summed E-state index contributed by atoms with van der Waals surface area (Å²) in [6, 6.07) is 6.06. The zero-order valence-corrected chi connectivity index (χ0v) is 11.7. The first-order valence-corrected chi connectivity index (χ1v) is 6.71. The van der Waals surface area contributed by atoms with Crippen LogP contribution in [-0.2, 0) is 4.79 Å². The molecule has 0 heterocycles. The fourth-order valence-electron chi connectivity index (χ4n) is 1.80. The number of hydrogen-bond donors (Lipinski definition) is 2. The van der Waals surface area contributed by atoms with E-state index in [2.05, 4.69) is 30.5 Å². The number of nitrogens with one attached hydrogen (secondary N) is 2. The summed E-state index contributed by atoms with van der Waals surface area (Å²) in [6.07, 6.45) is 2.87. The van der Waals surface area contributed by atoms with Gasteiger partial charge in [-0.3, -0.25) is 4.79 Å². The molecule has 1 aromatic carbocycles. The standard InChI is InChI=1S/C15H24N2O/c1-4-5-9-16-10-8-15(18)17-14-7-6-12(2)11-13(14)3/h6-7,11,16H,4-5,8-10H2,1-3H3,(H,17,18). The number of carbonyl (C=O) groups is 1. The summed E-state index contributed by atoms with van der Waals surface area (Å²) in [5.74, 6) is 0.0750. The van der Waals surface area contributed by atoms with E-state index in [1.54, 1.807) is 0 Å². The highest BCUT2D eigenvalue weighted by molar-refractivity contribution is 5.91. The maximum Gasteiger partial charge on any atom is 0.225 e. The molecule has 1 rings (SSSR count). The normalized spacial score (nSPS) is 10.4. The Bertz CT molecular complexity index is 388. The third kappa shape index (κ3) is 5.32. The molecule has 0 atom stereocenters. The van der Waals surface area contributed by atoms with Gasteiger partial charge in [0.15, 0.2) is 0 Å².